The van der Waals surface area contributed by atoms with Gasteiger partial charge in [0.15, 0.2) is 0 Å². The van der Waals surface area contributed by atoms with Crippen LogP contribution in [0.3, 0.4) is 0 Å². The lowest BCUT2D eigenvalue weighted by Crippen LogP contribution is -2.35. The third kappa shape index (κ3) is 9.67. The summed E-state index contributed by atoms with van der Waals surface area (Å²) in [6.45, 7) is 8.76. The second kappa shape index (κ2) is 18.8. The molecule has 14 heteroatoms. The number of nitrogens with zero attached hydrogens (tertiary/aromatic N) is 4. The van der Waals surface area contributed by atoms with Crippen molar-refractivity contribution in [3.05, 3.63) is 115 Å². The van der Waals surface area contributed by atoms with Gasteiger partial charge in [-0.2, -0.15) is 18.3 Å². The lowest BCUT2D eigenvalue weighted by molar-refractivity contribution is -0.137. The molecule has 1 aliphatic rings. The summed E-state index contributed by atoms with van der Waals surface area (Å²) < 4.78 is 53.0. The van der Waals surface area contributed by atoms with Crippen LogP contribution in [0.2, 0.25) is 0 Å². The quantitative estimate of drug-likeness (QED) is 0.0627. The first-order chi connectivity index (χ1) is 28.0. The molecule has 1 aliphatic carbocycles. The topological polar surface area (TPSA) is 132 Å². The monoisotopic (exact) mass is 795 g/mol. The highest BCUT2D eigenvalue weighted by atomic mass is 19.4. The summed E-state index contributed by atoms with van der Waals surface area (Å²) >= 11 is 0. The van der Waals surface area contributed by atoms with Crippen molar-refractivity contribution < 1.29 is 32.2 Å². The molecule has 11 nitrogen and oxygen atoms in total. The van der Waals surface area contributed by atoms with Gasteiger partial charge in [-0.3, -0.25) is 14.3 Å². The lowest BCUT2D eigenvalue weighted by atomic mass is 9.85. The van der Waals surface area contributed by atoms with Crippen LogP contribution in [0.1, 0.15) is 78.0 Å². The summed E-state index contributed by atoms with van der Waals surface area (Å²) in [6.07, 6.45) is 8.31. The summed E-state index contributed by atoms with van der Waals surface area (Å²) in [5.41, 5.74) is 3.24. The Bertz CT molecular complexity index is 2250. The predicted octanol–water partition coefficient (Wildman–Crippen LogP) is 9.33. The molecule has 0 spiro atoms. The number of carbonyl (C=O) groups is 2. The first-order valence-corrected chi connectivity index (χ1v) is 19.3. The maximum atomic E-state index is 13.4. The number of amides is 2. The first-order valence-electron chi connectivity index (χ1n) is 19.3. The Balaban J connectivity index is 1.37. The molecule has 1 saturated carbocycles. The largest absolute Gasteiger partial charge is 0.497 e. The maximum Gasteiger partial charge on any atom is 0.416 e. The van der Waals surface area contributed by atoms with E-state index in [4.69, 9.17) is 19.6 Å². The third-order valence-corrected chi connectivity index (χ3v) is 10.4. The predicted molar refractivity (Wildman–Crippen MR) is 219 cm³/mol. The number of rotatable bonds is 17. The molecule has 0 aliphatic heterocycles. The standard InChI is InChI=1S/C44H48F3N7O4/c1-5-7-8-9-21-49-42(55)30-12-10-13-34(23-30)54-40-32(11-6-2)27-51-41(50-26-31-18-19-35(57-3)25-36(31)58-4)38(40)39(53-54)28-14-16-29(17-15-28)43(56)52-37-24-33(20-22-48-37)44(45,46)47/h5-6,14-20,22,24-25,27,30,34H,1-2,7-13,21,23,26H2,3-4H3,(H,49,55)(H,50,51)(H,48,52,56)/t30-,34-/m1/s1. The van der Waals surface area contributed by atoms with Crippen LogP contribution in [0.5, 0.6) is 11.5 Å². The molecular weight excluding hydrogens is 748 g/mol. The third-order valence-electron chi connectivity index (χ3n) is 10.4. The fraction of sp³-hybridized carbons (Fsp3) is 0.341. The smallest absolute Gasteiger partial charge is 0.416 e. The van der Waals surface area contributed by atoms with Crippen molar-refractivity contribution in [2.45, 2.75) is 70.1 Å². The number of fused-ring (bicyclic) bond motifs is 1. The lowest BCUT2D eigenvalue weighted by Gasteiger charge is -2.29. The van der Waals surface area contributed by atoms with Gasteiger partial charge in [-0.15, -0.1) is 13.2 Å². The average Bonchev–Trinajstić information content (AvgIpc) is 3.64. The van der Waals surface area contributed by atoms with E-state index in [-0.39, 0.29) is 29.2 Å². The highest BCUT2D eigenvalue weighted by Gasteiger charge is 2.33. The van der Waals surface area contributed by atoms with Crippen molar-refractivity contribution in [1.29, 1.82) is 0 Å². The number of methoxy groups -OCH3 is 2. The van der Waals surface area contributed by atoms with E-state index >= 15 is 0 Å². The van der Waals surface area contributed by atoms with E-state index in [0.717, 1.165) is 78.9 Å². The number of unbranched alkanes of at least 4 members (excludes halogenated alkanes) is 2. The second-order valence-corrected chi connectivity index (χ2v) is 14.2. The number of halogens is 3. The number of hydrogen-bond donors (Lipinski definition) is 3. The van der Waals surface area contributed by atoms with E-state index in [0.29, 0.717) is 54.5 Å². The van der Waals surface area contributed by atoms with Crippen LogP contribution >= 0.6 is 0 Å². The normalized spacial score (nSPS) is 15.4. The molecular formula is C44H48F3N7O4. The molecule has 0 bridgehead atoms. The number of alkyl halides is 3. The van der Waals surface area contributed by atoms with Crippen molar-refractivity contribution in [2.24, 2.45) is 5.92 Å². The van der Waals surface area contributed by atoms with Crippen LogP contribution < -0.4 is 25.4 Å². The fourth-order valence-electron chi connectivity index (χ4n) is 7.35. The van der Waals surface area contributed by atoms with E-state index in [1.807, 2.05) is 41.2 Å². The zero-order valence-electron chi connectivity index (χ0n) is 32.7. The summed E-state index contributed by atoms with van der Waals surface area (Å²) in [7, 11) is 3.19. The molecule has 1 fully saturated rings. The van der Waals surface area contributed by atoms with Crippen molar-refractivity contribution in [3.8, 4) is 22.8 Å². The molecule has 304 valence electrons. The van der Waals surface area contributed by atoms with Crippen molar-refractivity contribution >= 4 is 34.4 Å². The van der Waals surface area contributed by atoms with Crippen LogP contribution in [0, 0.1) is 5.92 Å². The molecule has 2 aromatic carbocycles. The molecule has 2 amide bonds. The molecule has 6 rings (SSSR count). The van der Waals surface area contributed by atoms with Crippen LogP contribution in [-0.4, -0.2) is 52.3 Å². The summed E-state index contributed by atoms with van der Waals surface area (Å²) in [5.74, 6) is 0.923. The highest BCUT2D eigenvalue weighted by Crippen LogP contribution is 2.41. The molecule has 3 heterocycles. The Morgan fingerprint density at radius 3 is 2.50 bits per heavy atom. The van der Waals surface area contributed by atoms with Gasteiger partial charge in [0.1, 0.15) is 28.8 Å². The Morgan fingerprint density at radius 2 is 1.78 bits per heavy atom. The average molecular weight is 796 g/mol. The van der Waals surface area contributed by atoms with Gasteiger partial charge in [0.05, 0.1) is 36.7 Å². The van der Waals surface area contributed by atoms with E-state index in [9.17, 15) is 22.8 Å². The van der Waals surface area contributed by atoms with Crippen LogP contribution in [0.25, 0.3) is 22.2 Å². The van der Waals surface area contributed by atoms with Crippen molar-refractivity contribution in [1.82, 2.24) is 25.1 Å². The number of pyridine rings is 2. The van der Waals surface area contributed by atoms with E-state index in [1.54, 1.807) is 38.5 Å². The van der Waals surface area contributed by atoms with Gasteiger partial charge in [0.25, 0.3) is 5.91 Å². The highest BCUT2D eigenvalue weighted by molar-refractivity contribution is 6.05. The molecule has 3 aromatic heterocycles. The van der Waals surface area contributed by atoms with Gasteiger partial charge >= 0.3 is 6.18 Å². The van der Waals surface area contributed by atoms with Gasteiger partial charge < -0.3 is 25.4 Å². The summed E-state index contributed by atoms with van der Waals surface area (Å²) in [4.78, 5) is 35.4. The zero-order chi connectivity index (χ0) is 41.2. The SMILES string of the molecule is C=CCCCCNC(=O)[C@@H]1CCC[C@@H](n2nc(-c3ccc(C(=O)Nc4cc(C(F)(F)F)ccn4)cc3)c3c(NCc4ccc(OC)cc4OC)ncc(CC=C)c32)C1. The Labute approximate surface area is 335 Å². The number of hydrogen-bond acceptors (Lipinski definition) is 8. The molecule has 3 N–H and O–H groups in total. The van der Waals surface area contributed by atoms with Crippen molar-refractivity contribution in [2.75, 3.05) is 31.4 Å². The summed E-state index contributed by atoms with van der Waals surface area (Å²) in [5, 5.41) is 15.1. The van der Waals surface area contributed by atoms with Crippen molar-refractivity contribution in [3.63, 3.8) is 0 Å². The minimum absolute atomic E-state index is 0.0537. The Kier molecular flexibility index (Phi) is 13.5. The minimum Gasteiger partial charge on any atom is -0.497 e. The van der Waals surface area contributed by atoms with Gasteiger partial charge in [0, 0.05) is 59.7 Å². The van der Waals surface area contributed by atoms with Gasteiger partial charge in [-0.25, -0.2) is 9.97 Å². The zero-order valence-corrected chi connectivity index (χ0v) is 32.7. The molecule has 0 radical (unpaired) electrons. The number of carbonyl (C=O) groups excluding carboxylic acids is 2. The van der Waals surface area contributed by atoms with E-state index in [2.05, 4.69) is 34.1 Å². The second-order valence-electron chi connectivity index (χ2n) is 14.2. The maximum absolute atomic E-state index is 13.4. The minimum atomic E-state index is -4.58. The number of benzene rings is 2. The Hall–Kier alpha value is -6.18. The van der Waals surface area contributed by atoms with Crippen LogP contribution in [0.4, 0.5) is 24.8 Å². The Morgan fingerprint density at radius 1 is 0.966 bits per heavy atom. The van der Waals surface area contributed by atoms with Gasteiger partial charge in [-0.1, -0.05) is 30.7 Å². The van der Waals surface area contributed by atoms with Gasteiger partial charge in [-0.05, 0) is 81.3 Å². The first kappa shape index (κ1) is 41.5. The van der Waals surface area contributed by atoms with Gasteiger partial charge in [0.2, 0.25) is 5.91 Å². The molecule has 58 heavy (non-hydrogen) atoms. The number of nitrogens with one attached hydrogen (secondary N) is 3. The molecule has 5 aromatic rings. The number of allylic oxidation sites excluding steroid dienone is 2. The van der Waals surface area contributed by atoms with Crippen LogP contribution in [-0.2, 0) is 23.9 Å². The fourth-order valence-corrected chi connectivity index (χ4v) is 7.35. The summed E-state index contributed by atoms with van der Waals surface area (Å²) in [6, 6.07) is 13.8. The van der Waals surface area contributed by atoms with E-state index in [1.165, 1.54) is 0 Å². The molecule has 0 saturated heterocycles. The number of ether oxygens (including phenoxy) is 2. The van der Waals surface area contributed by atoms with E-state index < -0.39 is 17.6 Å². The molecule has 0 unspecified atom stereocenters. The number of anilines is 2. The van der Waals surface area contributed by atoms with Crippen LogP contribution in [0.15, 0.2) is 92.3 Å². The number of aromatic nitrogens is 4. The molecule has 2 atom stereocenters.